The summed E-state index contributed by atoms with van der Waals surface area (Å²) in [4.78, 5) is 28.8. The van der Waals surface area contributed by atoms with Crippen LogP contribution in [-0.4, -0.2) is 61.5 Å². The van der Waals surface area contributed by atoms with Crippen LogP contribution in [-0.2, 0) is 28.8 Å². The third-order valence-corrected chi connectivity index (χ3v) is 7.11. The van der Waals surface area contributed by atoms with Crippen molar-refractivity contribution in [3.05, 3.63) is 113 Å². The largest absolute Gasteiger partial charge is 0.469 e. The molecule has 1 amide bonds. The van der Waals surface area contributed by atoms with Gasteiger partial charge in [-0.3, -0.25) is 14.5 Å². The van der Waals surface area contributed by atoms with Crippen molar-refractivity contribution in [2.45, 2.75) is 32.1 Å². The van der Waals surface area contributed by atoms with E-state index >= 15 is 0 Å². The van der Waals surface area contributed by atoms with Crippen LogP contribution >= 0.6 is 0 Å². The SMILES string of the molecule is COC(=O)Cc1ccc(CCCCc2ccc(C(=O)N3CCN(CC=Cc4ccccc4)CC3)cc2)cc1. The number of nitrogens with zero attached hydrogens (tertiary/aromatic N) is 2. The van der Waals surface area contributed by atoms with E-state index in [1.165, 1.54) is 23.8 Å². The molecule has 1 heterocycles. The fourth-order valence-electron chi connectivity index (χ4n) is 4.75. The molecule has 0 unspecified atom stereocenters. The van der Waals surface area contributed by atoms with Crippen LogP contribution in [0.3, 0.4) is 0 Å². The Labute approximate surface area is 226 Å². The van der Waals surface area contributed by atoms with Gasteiger partial charge in [0.25, 0.3) is 5.91 Å². The molecule has 0 saturated carbocycles. The van der Waals surface area contributed by atoms with E-state index in [9.17, 15) is 9.59 Å². The van der Waals surface area contributed by atoms with Crippen molar-refractivity contribution < 1.29 is 14.3 Å². The summed E-state index contributed by atoms with van der Waals surface area (Å²) in [6.07, 6.45) is 8.89. The van der Waals surface area contributed by atoms with Crippen LogP contribution in [0.5, 0.6) is 0 Å². The van der Waals surface area contributed by atoms with Gasteiger partial charge in [-0.25, -0.2) is 0 Å². The number of unbranched alkanes of at least 4 members (excludes halogenated alkanes) is 1. The van der Waals surface area contributed by atoms with E-state index in [4.69, 9.17) is 4.74 Å². The average molecular weight is 511 g/mol. The minimum absolute atomic E-state index is 0.131. The summed E-state index contributed by atoms with van der Waals surface area (Å²) in [5.41, 5.74) is 5.52. The second-order valence-corrected chi connectivity index (χ2v) is 9.88. The molecule has 3 aromatic rings. The van der Waals surface area contributed by atoms with E-state index in [0.29, 0.717) is 6.42 Å². The van der Waals surface area contributed by atoms with Crippen LogP contribution in [0, 0.1) is 0 Å². The van der Waals surface area contributed by atoms with Crippen LogP contribution in [0.1, 0.15) is 45.5 Å². The third-order valence-electron chi connectivity index (χ3n) is 7.11. The molecule has 1 fully saturated rings. The molecule has 198 valence electrons. The first-order valence-electron chi connectivity index (χ1n) is 13.6. The van der Waals surface area contributed by atoms with Crippen molar-refractivity contribution >= 4 is 18.0 Å². The number of esters is 1. The van der Waals surface area contributed by atoms with E-state index in [2.05, 4.69) is 65.6 Å². The predicted octanol–water partition coefficient (Wildman–Crippen LogP) is 5.44. The summed E-state index contributed by atoms with van der Waals surface area (Å²) in [5.74, 6) is -0.0810. The number of benzene rings is 3. The van der Waals surface area contributed by atoms with Crippen molar-refractivity contribution in [1.29, 1.82) is 0 Å². The summed E-state index contributed by atoms with van der Waals surface area (Å²) in [7, 11) is 1.41. The summed E-state index contributed by atoms with van der Waals surface area (Å²) >= 11 is 0. The molecular weight excluding hydrogens is 472 g/mol. The normalized spacial score (nSPS) is 14.1. The number of hydrogen-bond acceptors (Lipinski definition) is 4. The van der Waals surface area contributed by atoms with Crippen molar-refractivity contribution in [2.24, 2.45) is 0 Å². The van der Waals surface area contributed by atoms with E-state index in [-0.39, 0.29) is 11.9 Å². The predicted molar refractivity (Wildman–Crippen MR) is 153 cm³/mol. The van der Waals surface area contributed by atoms with Gasteiger partial charge in [0.15, 0.2) is 0 Å². The minimum Gasteiger partial charge on any atom is -0.469 e. The lowest BCUT2D eigenvalue weighted by molar-refractivity contribution is -0.139. The van der Waals surface area contributed by atoms with Crippen LogP contribution in [0.2, 0.25) is 0 Å². The smallest absolute Gasteiger partial charge is 0.309 e. The summed E-state index contributed by atoms with van der Waals surface area (Å²) in [5, 5.41) is 0. The van der Waals surface area contributed by atoms with Gasteiger partial charge in [-0.15, -0.1) is 0 Å². The summed E-state index contributed by atoms with van der Waals surface area (Å²) in [6.45, 7) is 4.24. The number of ether oxygens (including phenoxy) is 1. The molecule has 1 aliphatic rings. The molecule has 1 saturated heterocycles. The van der Waals surface area contributed by atoms with Crippen LogP contribution in [0.25, 0.3) is 6.08 Å². The number of hydrogen-bond donors (Lipinski definition) is 0. The van der Waals surface area contributed by atoms with Gasteiger partial charge in [-0.2, -0.15) is 0 Å². The van der Waals surface area contributed by atoms with Gasteiger partial charge in [0, 0.05) is 38.3 Å². The van der Waals surface area contributed by atoms with Gasteiger partial charge in [0.1, 0.15) is 0 Å². The maximum Gasteiger partial charge on any atom is 0.309 e. The quantitative estimate of drug-likeness (QED) is 0.255. The van der Waals surface area contributed by atoms with Gasteiger partial charge in [0.2, 0.25) is 0 Å². The maximum absolute atomic E-state index is 13.0. The topological polar surface area (TPSA) is 49.9 Å². The zero-order valence-corrected chi connectivity index (χ0v) is 22.4. The fourth-order valence-corrected chi connectivity index (χ4v) is 4.75. The summed E-state index contributed by atoms with van der Waals surface area (Å²) in [6, 6.07) is 26.7. The standard InChI is InChI=1S/C33H38N2O3/c1-38-32(36)26-30-15-13-28(14-16-30)10-5-6-11-29-17-19-31(20-18-29)33(37)35-24-22-34(23-25-35)21-7-12-27-8-3-2-4-9-27/h2-4,7-9,12-20H,5-6,10-11,21-26H2,1H3. The van der Waals surface area contributed by atoms with Crippen LogP contribution < -0.4 is 0 Å². The Hall–Kier alpha value is -3.70. The lowest BCUT2D eigenvalue weighted by Crippen LogP contribution is -2.48. The first-order valence-corrected chi connectivity index (χ1v) is 13.6. The highest BCUT2D eigenvalue weighted by Crippen LogP contribution is 2.14. The Kier molecular flexibility index (Phi) is 10.3. The number of methoxy groups -OCH3 is 1. The molecule has 0 atom stereocenters. The number of piperazine rings is 1. The van der Waals surface area contributed by atoms with E-state index < -0.39 is 0 Å². The Morgan fingerprint density at radius 3 is 1.95 bits per heavy atom. The lowest BCUT2D eigenvalue weighted by atomic mass is 10.0. The van der Waals surface area contributed by atoms with Gasteiger partial charge in [0.05, 0.1) is 13.5 Å². The second kappa shape index (κ2) is 14.3. The fraction of sp³-hybridized carbons (Fsp3) is 0.333. The van der Waals surface area contributed by atoms with Crippen LogP contribution in [0.15, 0.2) is 84.9 Å². The maximum atomic E-state index is 13.0. The molecule has 3 aromatic carbocycles. The Morgan fingerprint density at radius 1 is 0.763 bits per heavy atom. The highest BCUT2D eigenvalue weighted by atomic mass is 16.5. The van der Waals surface area contributed by atoms with E-state index in [0.717, 1.165) is 69.5 Å². The molecule has 5 nitrogen and oxygen atoms in total. The third kappa shape index (κ3) is 8.42. The molecule has 4 rings (SSSR count). The molecule has 0 spiro atoms. The summed E-state index contributed by atoms with van der Waals surface area (Å²) < 4.78 is 4.72. The molecular formula is C33H38N2O3. The zero-order valence-electron chi connectivity index (χ0n) is 22.4. The van der Waals surface area contributed by atoms with Crippen molar-refractivity contribution in [2.75, 3.05) is 39.8 Å². The number of carbonyl (C=O) groups is 2. The first kappa shape index (κ1) is 27.3. The van der Waals surface area contributed by atoms with E-state index in [1.54, 1.807) is 0 Å². The highest BCUT2D eigenvalue weighted by Gasteiger charge is 2.21. The number of rotatable bonds is 11. The molecule has 0 N–H and O–H groups in total. The lowest BCUT2D eigenvalue weighted by Gasteiger charge is -2.34. The van der Waals surface area contributed by atoms with Crippen molar-refractivity contribution in [1.82, 2.24) is 9.80 Å². The molecule has 0 bridgehead atoms. The molecule has 0 aromatic heterocycles. The number of carbonyl (C=O) groups excluding carboxylic acids is 2. The zero-order chi connectivity index (χ0) is 26.6. The van der Waals surface area contributed by atoms with Crippen molar-refractivity contribution in [3.63, 3.8) is 0 Å². The van der Waals surface area contributed by atoms with Gasteiger partial charge in [-0.05, 0) is 60.1 Å². The Morgan fingerprint density at radius 2 is 1.34 bits per heavy atom. The molecule has 38 heavy (non-hydrogen) atoms. The van der Waals surface area contributed by atoms with Crippen molar-refractivity contribution in [3.8, 4) is 0 Å². The van der Waals surface area contributed by atoms with Crippen LogP contribution in [0.4, 0.5) is 0 Å². The number of aryl methyl sites for hydroxylation is 2. The Bertz CT molecular complexity index is 1180. The van der Waals surface area contributed by atoms with Gasteiger partial charge in [-0.1, -0.05) is 78.9 Å². The first-order chi connectivity index (χ1) is 18.6. The number of amides is 1. The van der Waals surface area contributed by atoms with E-state index in [1.807, 2.05) is 35.2 Å². The Balaban J connectivity index is 1.15. The second-order valence-electron chi connectivity index (χ2n) is 9.88. The highest BCUT2D eigenvalue weighted by molar-refractivity contribution is 5.94. The van der Waals surface area contributed by atoms with Gasteiger partial charge >= 0.3 is 5.97 Å². The monoisotopic (exact) mass is 510 g/mol. The minimum atomic E-state index is -0.212. The average Bonchev–Trinajstić information content (AvgIpc) is 2.97. The molecule has 0 radical (unpaired) electrons. The molecule has 5 heteroatoms. The molecule has 0 aliphatic carbocycles. The van der Waals surface area contributed by atoms with Gasteiger partial charge < -0.3 is 9.64 Å². The molecule has 1 aliphatic heterocycles.